The summed E-state index contributed by atoms with van der Waals surface area (Å²) in [7, 11) is -1.98. The number of pyridine rings is 2. The van der Waals surface area contributed by atoms with E-state index >= 15 is 0 Å². The number of fused-ring (bicyclic) bond motifs is 9. The molecule has 0 unspecified atom stereocenters. The third-order valence-electron chi connectivity index (χ3n) is 12.0. The van der Waals surface area contributed by atoms with Gasteiger partial charge in [0.15, 0.2) is 0 Å². The minimum atomic E-state index is -2.61. The second kappa shape index (κ2) is 15.4. The van der Waals surface area contributed by atoms with Gasteiger partial charge in [-0.2, -0.15) is 0 Å². The summed E-state index contributed by atoms with van der Waals surface area (Å²) in [6, 6.07) is 44.3. The first-order chi connectivity index (χ1) is 31.7. The van der Waals surface area contributed by atoms with Crippen LogP contribution in [0, 0.1) is 38.6 Å². The number of hydrogen-bond donors (Lipinski definition) is 0. The van der Waals surface area contributed by atoms with Crippen LogP contribution in [0.1, 0.15) is 49.9 Å². The average Bonchev–Trinajstić information content (AvgIpc) is 3.93. The van der Waals surface area contributed by atoms with Crippen molar-refractivity contribution in [3.63, 3.8) is 0 Å². The van der Waals surface area contributed by atoms with Gasteiger partial charge in [-0.25, -0.2) is 4.98 Å². The van der Waals surface area contributed by atoms with Crippen molar-refractivity contribution in [2.24, 2.45) is 0 Å². The molecule has 0 bridgehead atoms. The molecular formula is C54H45FIrN4OSi-2. The fourth-order valence-electron chi connectivity index (χ4n) is 8.92. The maximum absolute atomic E-state index is 14.7. The largest absolute Gasteiger partial charge is 0.486 e. The van der Waals surface area contributed by atoms with Crippen molar-refractivity contribution < 1.29 is 37.1 Å². The minimum absolute atomic E-state index is 0. The van der Waals surface area contributed by atoms with Crippen LogP contribution in [0.3, 0.4) is 0 Å². The summed E-state index contributed by atoms with van der Waals surface area (Å²) in [5.41, 5.74) is 11.3. The van der Waals surface area contributed by atoms with Crippen LogP contribution in [-0.2, 0) is 25.5 Å². The van der Waals surface area contributed by atoms with Gasteiger partial charge in [0.2, 0.25) is 5.71 Å². The Morgan fingerprint density at radius 2 is 1.50 bits per heavy atom. The van der Waals surface area contributed by atoms with E-state index < -0.39 is 33.2 Å². The number of aryl methyl sites for hydroxylation is 3. The van der Waals surface area contributed by atoms with Crippen LogP contribution in [0.2, 0.25) is 19.6 Å². The predicted octanol–water partition coefficient (Wildman–Crippen LogP) is 13.4. The van der Waals surface area contributed by atoms with Gasteiger partial charge in [0.05, 0.1) is 30.5 Å². The first-order valence-corrected chi connectivity index (χ1v) is 23.8. The Bertz CT molecular complexity index is 3630. The Morgan fingerprint density at radius 1 is 0.742 bits per heavy atom. The number of imidazole rings is 1. The van der Waals surface area contributed by atoms with Crippen LogP contribution in [-0.4, -0.2) is 27.6 Å². The second-order valence-electron chi connectivity index (χ2n) is 17.3. The Balaban J connectivity index is 0.000000192. The average molecular weight is 1010 g/mol. The molecule has 1 aliphatic rings. The van der Waals surface area contributed by atoms with Crippen LogP contribution in [0.5, 0.6) is 0 Å². The zero-order valence-corrected chi connectivity index (χ0v) is 38.4. The van der Waals surface area contributed by atoms with Crippen LogP contribution >= 0.6 is 0 Å². The minimum Gasteiger partial charge on any atom is -0.486 e. The summed E-state index contributed by atoms with van der Waals surface area (Å²) in [5.74, 6) is -0.144. The van der Waals surface area contributed by atoms with Crippen molar-refractivity contribution in [2.45, 2.75) is 59.5 Å². The molecule has 5 nitrogen and oxygen atoms in total. The molecule has 1 radical (unpaired) electrons. The van der Waals surface area contributed by atoms with Crippen molar-refractivity contribution in [3.05, 3.63) is 173 Å². The van der Waals surface area contributed by atoms with Crippen molar-refractivity contribution in [1.29, 1.82) is 0 Å². The molecular weight excluding hydrogens is 960 g/mol. The third-order valence-corrected chi connectivity index (χ3v) is 14.0. The molecule has 0 spiro atoms. The van der Waals surface area contributed by atoms with Crippen LogP contribution in [0.15, 0.2) is 132 Å². The van der Waals surface area contributed by atoms with Gasteiger partial charge >= 0.3 is 0 Å². The monoisotopic (exact) mass is 1010 g/mol. The molecule has 0 saturated carbocycles. The van der Waals surface area contributed by atoms with Crippen molar-refractivity contribution in [2.75, 3.05) is 0 Å². The van der Waals surface area contributed by atoms with Crippen molar-refractivity contribution in [3.8, 4) is 39.5 Å². The van der Waals surface area contributed by atoms with E-state index in [-0.39, 0.29) is 42.3 Å². The Morgan fingerprint density at radius 3 is 2.32 bits per heavy atom. The number of rotatable bonds is 4. The Hall–Kier alpha value is -6.05. The first-order valence-electron chi connectivity index (χ1n) is 23.3. The summed E-state index contributed by atoms with van der Waals surface area (Å²) >= 11 is 0. The first kappa shape index (κ1) is 34.5. The SMILES string of the molecule is Cc1cc2c(cc1-n1c(-c3[c-]ccc4c3oc3ncccc34)nc3ccc4ccccc4c31)C(C)(C)c1ccccc1-2.[2H]C([2H])([2H])c1cc(-c2[c-]ccc(C([2H])([2H])[2H])c2F)ncc1[Si](C)(C)C.[Ir]. The molecule has 6 aromatic carbocycles. The molecule has 0 N–H and O–H groups in total. The standard InChI is InChI=1S/C38H26N3O.C16H19FNSi.Ir/c1-22-20-29-25-12-6-7-16-30(25)38(2,3)31(29)21-33(22)41-34-24-11-5-4-10-23(24)17-18-32(34)40-36(41)28-14-8-13-26-27-15-9-19-39-37(27)42-35(26)28;1-11-7-6-8-13(16(11)17)14-9-12(2)15(10-18-14)19(3,4)5;/h4-13,15-21H,1-3H3;6-7,9-10H,1-5H3;/q2*-1;/i;1D3,2D3;. The Labute approximate surface area is 384 Å². The Kier molecular flexibility index (Phi) is 8.57. The molecule has 0 saturated heterocycles. The smallest absolute Gasteiger partial charge is 0.216 e. The molecule has 0 amide bonds. The zero-order valence-electron chi connectivity index (χ0n) is 41.0. The van der Waals surface area contributed by atoms with Crippen LogP contribution in [0.25, 0.3) is 83.3 Å². The summed E-state index contributed by atoms with van der Waals surface area (Å²) in [6.07, 6.45) is 3.24. The fraction of sp³-hybridized carbons (Fsp3) is 0.167. The maximum Gasteiger partial charge on any atom is 0.216 e. The van der Waals surface area contributed by atoms with E-state index in [0.717, 1.165) is 55.9 Å². The molecule has 309 valence electrons. The number of hydrogen-bond acceptors (Lipinski definition) is 4. The van der Waals surface area contributed by atoms with Gasteiger partial charge < -0.3 is 14.0 Å². The third kappa shape index (κ3) is 6.64. The van der Waals surface area contributed by atoms with Crippen LogP contribution < -0.4 is 5.19 Å². The van der Waals surface area contributed by atoms with E-state index in [2.05, 4.69) is 132 Å². The van der Waals surface area contributed by atoms with E-state index in [0.29, 0.717) is 10.9 Å². The summed E-state index contributed by atoms with van der Waals surface area (Å²) in [4.78, 5) is 14.0. The van der Waals surface area contributed by atoms with E-state index in [9.17, 15) is 4.39 Å². The quantitative estimate of drug-likeness (QED) is 0.130. The molecule has 11 rings (SSSR count). The molecule has 0 aliphatic heterocycles. The van der Waals surface area contributed by atoms with Gasteiger partial charge in [-0.15, -0.1) is 36.4 Å². The number of halogens is 1. The molecule has 62 heavy (non-hydrogen) atoms. The molecule has 0 fully saturated rings. The molecule has 10 aromatic rings. The van der Waals surface area contributed by atoms with Gasteiger partial charge in [-0.1, -0.05) is 129 Å². The van der Waals surface area contributed by atoms with E-state index in [1.807, 2.05) is 31.8 Å². The molecule has 4 aromatic heterocycles. The molecule has 4 heterocycles. The van der Waals surface area contributed by atoms with Gasteiger partial charge in [0, 0.05) is 68.4 Å². The van der Waals surface area contributed by atoms with Crippen molar-refractivity contribution in [1.82, 2.24) is 19.5 Å². The summed E-state index contributed by atoms with van der Waals surface area (Å²) in [5, 5.41) is 5.01. The summed E-state index contributed by atoms with van der Waals surface area (Å²) in [6.45, 7) is 7.89. The molecule has 8 heteroatoms. The van der Waals surface area contributed by atoms with Gasteiger partial charge in [0.25, 0.3) is 0 Å². The van der Waals surface area contributed by atoms with Crippen LogP contribution in [0.4, 0.5) is 4.39 Å². The fourth-order valence-corrected chi connectivity index (χ4v) is 10.3. The number of nitrogens with zero attached hydrogens (tertiary/aromatic N) is 4. The predicted molar refractivity (Wildman–Crippen MR) is 251 cm³/mol. The van der Waals surface area contributed by atoms with Gasteiger partial charge in [-0.3, -0.25) is 9.37 Å². The van der Waals surface area contributed by atoms with Gasteiger partial charge in [0.1, 0.15) is 0 Å². The molecule has 0 atom stereocenters. The van der Waals surface area contributed by atoms with Gasteiger partial charge in [-0.05, 0) is 88.2 Å². The maximum atomic E-state index is 14.7. The van der Waals surface area contributed by atoms with Crippen molar-refractivity contribution >= 4 is 57.1 Å². The molecule has 1 aliphatic carbocycles. The number of benzene rings is 6. The topological polar surface area (TPSA) is 56.7 Å². The normalized spacial score (nSPS) is 14.8. The van der Waals surface area contributed by atoms with E-state index in [4.69, 9.17) is 17.6 Å². The second-order valence-corrected chi connectivity index (χ2v) is 22.3. The number of furan rings is 1. The number of aromatic nitrogens is 4. The zero-order chi connectivity index (χ0) is 47.4. The van der Waals surface area contributed by atoms with E-state index in [1.165, 1.54) is 51.5 Å². The van der Waals surface area contributed by atoms with E-state index in [1.54, 1.807) is 6.20 Å². The summed E-state index contributed by atoms with van der Waals surface area (Å²) < 4.78 is 68.9.